The Bertz CT molecular complexity index is 890. The van der Waals surface area contributed by atoms with Crippen LogP contribution in [-0.4, -0.2) is 56.5 Å². The van der Waals surface area contributed by atoms with Crippen molar-refractivity contribution in [3.05, 3.63) is 18.2 Å². The first-order chi connectivity index (χ1) is 12.6. The predicted octanol–water partition coefficient (Wildman–Crippen LogP) is 2.35. The maximum atomic E-state index is 12.5. The number of nitrogens with zero attached hydrogens (tertiary/aromatic N) is 2. The van der Waals surface area contributed by atoms with Crippen molar-refractivity contribution >= 4 is 38.4 Å². The molecule has 148 valence electrons. The highest BCUT2D eigenvalue weighted by Gasteiger charge is 2.50. The Morgan fingerprint density at radius 3 is 2.52 bits per heavy atom. The van der Waals surface area contributed by atoms with Gasteiger partial charge in [0, 0.05) is 16.7 Å². The predicted molar refractivity (Wildman–Crippen MR) is 108 cm³/mol. The highest BCUT2D eigenvalue weighted by molar-refractivity contribution is 8.16. The third-order valence-corrected chi connectivity index (χ3v) is 7.76. The molecule has 2 unspecified atom stereocenters. The molecule has 2 aliphatic heterocycles. The number of ether oxygens (including phenoxy) is 2. The van der Waals surface area contributed by atoms with Crippen LogP contribution in [0.2, 0.25) is 0 Å². The molecule has 0 spiro atoms. The molecule has 1 aromatic rings. The van der Waals surface area contributed by atoms with Crippen LogP contribution in [0.25, 0.3) is 0 Å². The number of methoxy groups -OCH3 is 2. The van der Waals surface area contributed by atoms with Crippen molar-refractivity contribution in [1.82, 2.24) is 0 Å². The van der Waals surface area contributed by atoms with Crippen molar-refractivity contribution in [3.8, 4) is 11.5 Å². The summed E-state index contributed by atoms with van der Waals surface area (Å²) in [7, 11) is -0.0198. The van der Waals surface area contributed by atoms with Crippen LogP contribution in [0.3, 0.4) is 0 Å². The summed E-state index contributed by atoms with van der Waals surface area (Å²) in [5.41, 5.74) is 0.0587. The maximum absolute atomic E-state index is 12.5. The van der Waals surface area contributed by atoms with Gasteiger partial charge in [-0.3, -0.25) is 4.79 Å². The van der Waals surface area contributed by atoms with Crippen molar-refractivity contribution in [3.63, 3.8) is 0 Å². The molecule has 9 heteroatoms. The first kappa shape index (κ1) is 20.0. The normalized spacial score (nSPS) is 25.5. The third-order valence-electron chi connectivity index (χ3n) is 4.55. The Hall–Kier alpha value is -1.74. The van der Waals surface area contributed by atoms with E-state index in [0.29, 0.717) is 22.4 Å². The lowest BCUT2D eigenvalue weighted by atomic mass is 9.96. The van der Waals surface area contributed by atoms with Gasteiger partial charge in [0.15, 0.2) is 15.0 Å². The smallest absolute Gasteiger partial charge is 0.253 e. The average molecular weight is 413 g/mol. The molecule has 1 amide bonds. The molecule has 0 aromatic heterocycles. The van der Waals surface area contributed by atoms with E-state index in [1.807, 2.05) is 31.7 Å². The molecule has 0 aliphatic carbocycles. The Kier molecular flexibility index (Phi) is 5.20. The van der Waals surface area contributed by atoms with Crippen molar-refractivity contribution < 1.29 is 22.7 Å². The number of carbonyl (C=O) groups is 1. The van der Waals surface area contributed by atoms with E-state index in [1.54, 1.807) is 26.4 Å². The summed E-state index contributed by atoms with van der Waals surface area (Å²) in [5.74, 6) is 1.03. The summed E-state index contributed by atoms with van der Waals surface area (Å²) in [4.78, 5) is 18.7. The number of sulfone groups is 1. The zero-order valence-corrected chi connectivity index (χ0v) is 17.7. The zero-order valence-electron chi connectivity index (χ0n) is 16.1. The molecule has 2 aliphatic rings. The number of hydrogen-bond donors (Lipinski definition) is 0. The molecule has 2 heterocycles. The minimum absolute atomic E-state index is 0.0303. The highest BCUT2D eigenvalue weighted by atomic mass is 32.2. The van der Waals surface area contributed by atoms with Gasteiger partial charge in [-0.05, 0) is 12.1 Å². The number of amides is 1. The summed E-state index contributed by atoms with van der Waals surface area (Å²) < 4.78 is 35.1. The van der Waals surface area contributed by atoms with Crippen LogP contribution in [0.15, 0.2) is 23.2 Å². The Morgan fingerprint density at radius 1 is 1.22 bits per heavy atom. The second-order valence-corrected chi connectivity index (χ2v) is 11.0. The molecule has 0 bridgehead atoms. The number of carbonyl (C=O) groups excluding carboxylic acids is 1. The molecule has 2 saturated heterocycles. The number of aliphatic imine (C=N–C) groups is 1. The quantitative estimate of drug-likeness (QED) is 0.753. The molecular formula is C18H24N2O5S2. The Morgan fingerprint density at radius 2 is 1.93 bits per heavy atom. The average Bonchev–Trinajstić information content (AvgIpc) is 3.04. The lowest BCUT2D eigenvalue weighted by Crippen LogP contribution is -2.38. The van der Waals surface area contributed by atoms with Crippen LogP contribution in [0, 0.1) is 5.41 Å². The van der Waals surface area contributed by atoms with Crippen molar-refractivity contribution in [2.75, 3.05) is 30.6 Å². The van der Waals surface area contributed by atoms with E-state index in [4.69, 9.17) is 9.47 Å². The topological polar surface area (TPSA) is 85.3 Å². The van der Waals surface area contributed by atoms with Gasteiger partial charge >= 0.3 is 0 Å². The molecule has 0 radical (unpaired) electrons. The van der Waals surface area contributed by atoms with Crippen molar-refractivity contribution in [2.24, 2.45) is 10.4 Å². The standard InChI is InChI=1S/C18H24N2O5S2/c1-18(2,3)16(21)19-17-20(13-9-27(22,23)10-15(13)26-17)12-7-6-11(24-4)8-14(12)25-5/h6-8,13,15H,9-10H2,1-5H3. The van der Waals surface area contributed by atoms with Gasteiger partial charge in [0.2, 0.25) is 0 Å². The van der Waals surface area contributed by atoms with Crippen LogP contribution in [-0.2, 0) is 14.6 Å². The van der Waals surface area contributed by atoms with Gasteiger partial charge in [-0.2, -0.15) is 4.99 Å². The second kappa shape index (κ2) is 7.01. The molecule has 3 rings (SSSR count). The van der Waals surface area contributed by atoms with Gasteiger partial charge in [-0.25, -0.2) is 8.42 Å². The van der Waals surface area contributed by atoms with Crippen molar-refractivity contribution in [2.45, 2.75) is 32.1 Å². The largest absolute Gasteiger partial charge is 0.497 e. The summed E-state index contributed by atoms with van der Waals surface area (Å²) in [6.45, 7) is 5.42. The molecule has 2 fully saturated rings. The third kappa shape index (κ3) is 3.94. The van der Waals surface area contributed by atoms with Crippen LogP contribution in [0.1, 0.15) is 20.8 Å². The van der Waals surface area contributed by atoms with Crippen molar-refractivity contribution in [1.29, 1.82) is 0 Å². The van der Waals surface area contributed by atoms with E-state index < -0.39 is 15.3 Å². The molecule has 2 atom stereocenters. The number of thioether (sulfide) groups is 1. The number of anilines is 1. The van der Waals surface area contributed by atoms with Crippen LogP contribution < -0.4 is 14.4 Å². The molecule has 1 aromatic carbocycles. The van der Waals surface area contributed by atoms with E-state index in [-0.39, 0.29) is 28.7 Å². The van der Waals surface area contributed by atoms with Gasteiger partial charge in [0.05, 0.1) is 37.5 Å². The number of benzene rings is 1. The second-order valence-electron chi connectivity index (χ2n) is 7.66. The first-order valence-electron chi connectivity index (χ1n) is 8.57. The van der Waals surface area contributed by atoms with E-state index in [9.17, 15) is 13.2 Å². The molecule has 0 saturated carbocycles. The van der Waals surface area contributed by atoms with Gasteiger partial charge in [0.25, 0.3) is 5.91 Å². The summed E-state index contributed by atoms with van der Waals surface area (Å²) in [5, 5.41) is 0.358. The Labute approximate surface area is 164 Å². The van der Waals surface area contributed by atoms with Gasteiger partial charge in [-0.1, -0.05) is 32.5 Å². The minimum atomic E-state index is -3.13. The summed E-state index contributed by atoms with van der Waals surface area (Å²) in [6, 6.07) is 5.04. The number of fused-ring (bicyclic) bond motifs is 1. The fourth-order valence-electron chi connectivity index (χ4n) is 3.08. The van der Waals surface area contributed by atoms with Gasteiger partial charge in [-0.15, -0.1) is 0 Å². The lowest BCUT2D eigenvalue weighted by molar-refractivity contribution is -0.124. The molecule has 7 nitrogen and oxygen atoms in total. The SMILES string of the molecule is COc1ccc(N2C(=NC(=O)C(C)(C)C)SC3CS(=O)(=O)CC32)c(OC)c1. The zero-order chi connectivity index (χ0) is 20.0. The summed E-state index contributed by atoms with van der Waals surface area (Å²) >= 11 is 1.35. The van der Waals surface area contributed by atoms with E-state index >= 15 is 0 Å². The molecular weight excluding hydrogens is 388 g/mol. The fraction of sp³-hybridized carbons (Fsp3) is 0.556. The van der Waals surface area contributed by atoms with Gasteiger partial charge in [0.1, 0.15) is 11.5 Å². The first-order valence-corrected chi connectivity index (χ1v) is 11.3. The molecule has 0 N–H and O–H groups in total. The van der Waals surface area contributed by atoms with Gasteiger partial charge < -0.3 is 14.4 Å². The lowest BCUT2D eigenvalue weighted by Gasteiger charge is -2.27. The van der Waals surface area contributed by atoms with Crippen LogP contribution in [0.5, 0.6) is 11.5 Å². The maximum Gasteiger partial charge on any atom is 0.253 e. The van der Waals surface area contributed by atoms with E-state index in [1.165, 1.54) is 11.8 Å². The highest BCUT2D eigenvalue weighted by Crippen LogP contribution is 2.45. The monoisotopic (exact) mass is 412 g/mol. The number of amidine groups is 1. The van der Waals surface area contributed by atoms with E-state index in [2.05, 4.69) is 4.99 Å². The number of hydrogen-bond acceptors (Lipinski definition) is 6. The number of rotatable bonds is 3. The molecule has 27 heavy (non-hydrogen) atoms. The fourth-order valence-corrected chi connectivity index (χ4v) is 6.99. The van der Waals surface area contributed by atoms with Crippen LogP contribution in [0.4, 0.5) is 5.69 Å². The minimum Gasteiger partial charge on any atom is -0.497 e. The summed E-state index contributed by atoms with van der Waals surface area (Å²) in [6.07, 6.45) is 0. The van der Waals surface area contributed by atoms with E-state index in [0.717, 1.165) is 0 Å². The Balaban J connectivity index is 2.09. The van der Waals surface area contributed by atoms with Crippen LogP contribution >= 0.6 is 11.8 Å².